The van der Waals surface area contributed by atoms with Crippen molar-refractivity contribution in [2.45, 2.75) is 25.8 Å². The van der Waals surface area contributed by atoms with Crippen LogP contribution in [0.3, 0.4) is 0 Å². The summed E-state index contributed by atoms with van der Waals surface area (Å²) >= 11 is 0. The Hall–Kier alpha value is -3.66. The average Bonchev–Trinajstić information content (AvgIpc) is 3.27. The minimum Gasteiger partial charge on any atom is -0.477 e. The van der Waals surface area contributed by atoms with Crippen molar-refractivity contribution in [3.05, 3.63) is 52.5 Å². The molecule has 0 atom stereocenters. The lowest BCUT2D eigenvalue weighted by atomic mass is 10.1. The van der Waals surface area contributed by atoms with E-state index in [4.69, 9.17) is 4.74 Å². The number of rotatable bonds is 4. The first-order chi connectivity index (χ1) is 14.9. The maximum Gasteiger partial charge on any atom is 0.354 e. The minimum atomic E-state index is -1.05. The monoisotopic (exact) mass is 422 g/mol. The third-order valence-electron chi connectivity index (χ3n) is 5.87. The van der Waals surface area contributed by atoms with Crippen LogP contribution in [0.15, 0.2) is 35.5 Å². The summed E-state index contributed by atoms with van der Waals surface area (Å²) < 4.78 is 10.4. The van der Waals surface area contributed by atoms with Gasteiger partial charge in [-0.3, -0.25) is 13.5 Å². The van der Waals surface area contributed by atoms with Crippen molar-refractivity contribution < 1.29 is 14.6 Å². The molecule has 1 aliphatic rings. The molecule has 0 aliphatic carbocycles. The lowest BCUT2D eigenvalue weighted by molar-refractivity contribution is 0.0688. The van der Waals surface area contributed by atoms with Crippen molar-refractivity contribution in [2.75, 3.05) is 18.5 Å². The fourth-order valence-corrected chi connectivity index (χ4v) is 4.17. The quantitative estimate of drug-likeness (QED) is 0.519. The second-order valence-electron chi connectivity index (χ2n) is 7.79. The second-order valence-corrected chi connectivity index (χ2v) is 7.79. The first kappa shape index (κ1) is 19.3. The van der Waals surface area contributed by atoms with E-state index in [1.165, 1.54) is 10.6 Å². The number of hydrogen-bond donors (Lipinski definition) is 2. The van der Waals surface area contributed by atoms with Crippen molar-refractivity contribution in [3.8, 4) is 0 Å². The topological polar surface area (TPSA) is 116 Å². The summed E-state index contributed by atoms with van der Waals surface area (Å²) in [6, 6.07) is 3.76. The van der Waals surface area contributed by atoms with Gasteiger partial charge in [0.1, 0.15) is 11.5 Å². The number of nitrogens with zero attached hydrogens (tertiary/aromatic N) is 5. The zero-order chi connectivity index (χ0) is 21.7. The second kappa shape index (κ2) is 7.24. The Balaban J connectivity index is 1.58. The van der Waals surface area contributed by atoms with Crippen LogP contribution >= 0.6 is 0 Å². The summed E-state index contributed by atoms with van der Waals surface area (Å²) in [4.78, 5) is 33.0. The molecule has 1 saturated heterocycles. The first-order valence-corrected chi connectivity index (χ1v) is 10.1. The van der Waals surface area contributed by atoms with Gasteiger partial charge in [-0.1, -0.05) is 0 Å². The van der Waals surface area contributed by atoms with E-state index in [1.807, 2.05) is 23.6 Å². The smallest absolute Gasteiger partial charge is 0.354 e. The number of carbonyl (C=O) groups is 1. The van der Waals surface area contributed by atoms with Crippen molar-refractivity contribution in [3.63, 3.8) is 0 Å². The van der Waals surface area contributed by atoms with Crippen molar-refractivity contribution in [2.24, 2.45) is 7.05 Å². The van der Waals surface area contributed by atoms with Crippen molar-refractivity contribution in [1.29, 1.82) is 0 Å². The molecule has 5 rings (SSSR count). The highest BCUT2D eigenvalue weighted by molar-refractivity contribution is 5.87. The summed E-state index contributed by atoms with van der Waals surface area (Å²) in [6.45, 7) is 3.19. The van der Waals surface area contributed by atoms with Gasteiger partial charge < -0.3 is 15.2 Å². The Morgan fingerprint density at radius 1 is 1.19 bits per heavy atom. The number of nitrogens with one attached hydrogen (secondary N) is 1. The number of ether oxygens (including phenoxy) is 1. The number of aryl methyl sites for hydroxylation is 2. The number of fused-ring (bicyclic) bond motifs is 2. The standard InChI is InChI=1S/C21H22N6O4/c1-12-7-19-23-10-17(20(28)29)26(19)11-14(12)24-18-8-15-16(9-22-18)25(2)21(30)27(15)13-3-5-31-6-4-13/h7-11,13H,3-6H2,1-2H3,(H,22,24)(H,28,29). The molecule has 0 amide bonds. The predicted octanol–water partition coefficient (Wildman–Crippen LogP) is 2.48. The third-order valence-corrected chi connectivity index (χ3v) is 5.87. The highest BCUT2D eigenvalue weighted by Gasteiger charge is 2.22. The van der Waals surface area contributed by atoms with Gasteiger partial charge in [-0.2, -0.15) is 0 Å². The minimum absolute atomic E-state index is 0.0667. The number of pyridine rings is 2. The van der Waals surface area contributed by atoms with Crippen molar-refractivity contribution in [1.82, 2.24) is 23.5 Å². The van der Waals surface area contributed by atoms with Gasteiger partial charge in [0, 0.05) is 38.6 Å². The van der Waals surface area contributed by atoms with Crippen LogP contribution in [0.25, 0.3) is 16.7 Å². The number of aromatic carboxylic acids is 1. The van der Waals surface area contributed by atoms with E-state index in [9.17, 15) is 14.7 Å². The van der Waals surface area contributed by atoms with E-state index < -0.39 is 5.97 Å². The SMILES string of the molecule is Cc1cc2ncc(C(=O)O)n2cc1Nc1cc2c(cn1)n(C)c(=O)n2C1CCOCC1. The fraction of sp³-hybridized carbons (Fsp3) is 0.333. The van der Waals surface area contributed by atoms with Gasteiger partial charge in [0.05, 0.1) is 29.1 Å². The van der Waals surface area contributed by atoms with Crippen LogP contribution in [0.2, 0.25) is 0 Å². The van der Waals surface area contributed by atoms with Gasteiger partial charge in [-0.15, -0.1) is 0 Å². The van der Waals surface area contributed by atoms with E-state index in [-0.39, 0.29) is 17.4 Å². The first-order valence-electron chi connectivity index (χ1n) is 10.1. The molecule has 160 valence electrons. The van der Waals surface area contributed by atoms with Gasteiger partial charge in [0.15, 0.2) is 5.69 Å². The van der Waals surface area contributed by atoms with Gasteiger partial charge in [0.25, 0.3) is 0 Å². The van der Waals surface area contributed by atoms with Crippen LogP contribution in [0.4, 0.5) is 11.5 Å². The van der Waals surface area contributed by atoms with E-state index in [1.54, 1.807) is 24.0 Å². The van der Waals surface area contributed by atoms with Crippen LogP contribution in [0.1, 0.15) is 34.9 Å². The molecule has 5 heterocycles. The molecule has 4 aromatic rings. The Labute approximate surface area is 176 Å². The predicted molar refractivity (Wildman–Crippen MR) is 114 cm³/mol. The van der Waals surface area contributed by atoms with Gasteiger partial charge >= 0.3 is 11.7 Å². The summed E-state index contributed by atoms with van der Waals surface area (Å²) in [5.41, 5.74) is 3.74. The zero-order valence-electron chi connectivity index (χ0n) is 17.2. The maximum absolute atomic E-state index is 12.9. The fourth-order valence-electron chi connectivity index (χ4n) is 4.17. The maximum atomic E-state index is 12.9. The highest BCUT2D eigenvalue weighted by Crippen LogP contribution is 2.27. The van der Waals surface area contributed by atoms with Gasteiger partial charge in [-0.05, 0) is 31.4 Å². The zero-order valence-corrected chi connectivity index (χ0v) is 17.2. The highest BCUT2D eigenvalue weighted by atomic mass is 16.5. The van der Waals surface area contributed by atoms with E-state index in [0.717, 1.165) is 29.4 Å². The molecule has 1 fully saturated rings. The summed E-state index contributed by atoms with van der Waals surface area (Å²) in [6.07, 6.45) is 6.30. The third kappa shape index (κ3) is 3.15. The number of imidazole rings is 2. The Morgan fingerprint density at radius 2 is 1.97 bits per heavy atom. The molecule has 10 heteroatoms. The molecule has 0 radical (unpaired) electrons. The molecule has 10 nitrogen and oxygen atoms in total. The van der Waals surface area contributed by atoms with Gasteiger partial charge in [-0.25, -0.2) is 19.6 Å². The van der Waals surface area contributed by atoms with Crippen molar-refractivity contribution >= 4 is 34.2 Å². The van der Waals surface area contributed by atoms with Crippen LogP contribution in [-0.2, 0) is 11.8 Å². The Bertz CT molecular complexity index is 1380. The molecular weight excluding hydrogens is 400 g/mol. The number of aromatic nitrogens is 5. The molecule has 0 unspecified atom stereocenters. The lowest BCUT2D eigenvalue weighted by Crippen LogP contribution is -2.29. The largest absolute Gasteiger partial charge is 0.477 e. The molecule has 0 bridgehead atoms. The molecule has 31 heavy (non-hydrogen) atoms. The van der Waals surface area contributed by atoms with Crippen LogP contribution in [0, 0.1) is 6.92 Å². The normalized spacial score (nSPS) is 15.0. The number of carboxylic acid groups (broad SMARTS) is 1. The molecule has 4 aromatic heterocycles. The molecule has 0 spiro atoms. The van der Waals surface area contributed by atoms with E-state index in [0.29, 0.717) is 30.4 Å². The van der Waals surface area contributed by atoms with Gasteiger partial charge in [0.2, 0.25) is 0 Å². The molecule has 0 aromatic carbocycles. The molecular formula is C21H22N6O4. The molecule has 2 N–H and O–H groups in total. The average molecular weight is 422 g/mol. The summed E-state index contributed by atoms with van der Waals surface area (Å²) in [7, 11) is 1.75. The number of carboxylic acids is 1. The Kier molecular flexibility index (Phi) is 4.51. The van der Waals surface area contributed by atoms with Crippen LogP contribution in [-0.4, -0.2) is 47.8 Å². The van der Waals surface area contributed by atoms with E-state index >= 15 is 0 Å². The summed E-state index contributed by atoms with van der Waals surface area (Å²) in [5, 5.41) is 12.7. The van der Waals surface area contributed by atoms with Crippen LogP contribution in [0.5, 0.6) is 0 Å². The van der Waals surface area contributed by atoms with E-state index in [2.05, 4.69) is 15.3 Å². The number of anilines is 2. The Morgan fingerprint density at radius 3 is 2.71 bits per heavy atom. The number of hydrogen-bond acceptors (Lipinski definition) is 6. The summed E-state index contributed by atoms with van der Waals surface area (Å²) in [5.74, 6) is -0.482. The lowest BCUT2D eigenvalue weighted by Gasteiger charge is -2.23. The molecule has 1 aliphatic heterocycles. The molecule has 0 saturated carbocycles. The van der Waals surface area contributed by atoms with Crippen LogP contribution < -0.4 is 11.0 Å².